The average Bonchev–Trinajstić information content (AvgIpc) is 3.27. The van der Waals surface area contributed by atoms with Crippen LogP contribution in [0.2, 0.25) is 5.28 Å². The van der Waals surface area contributed by atoms with Gasteiger partial charge in [-0.15, -0.1) is 0 Å². The second kappa shape index (κ2) is 6.66. The molecule has 1 atom stereocenters. The Labute approximate surface area is 124 Å². The molecule has 0 amide bonds. The summed E-state index contributed by atoms with van der Waals surface area (Å²) in [5.41, 5.74) is 5.87. The minimum Gasteiger partial charge on any atom is -0.313 e. The molecule has 1 saturated carbocycles. The monoisotopic (exact) mass is 290 g/mol. The highest BCUT2D eigenvalue weighted by Gasteiger charge is 2.25. The van der Waals surface area contributed by atoms with E-state index in [0.29, 0.717) is 5.92 Å². The molecule has 0 bridgehead atoms. The van der Waals surface area contributed by atoms with Gasteiger partial charge in [0, 0.05) is 19.2 Å². The number of hydrazone groups is 1. The Morgan fingerprint density at radius 1 is 1.60 bits per heavy atom. The van der Waals surface area contributed by atoms with Crippen molar-refractivity contribution in [1.29, 1.82) is 0 Å². The van der Waals surface area contributed by atoms with Crippen LogP contribution in [-0.2, 0) is 0 Å². The van der Waals surface area contributed by atoms with Crippen molar-refractivity contribution in [2.45, 2.75) is 25.7 Å². The van der Waals surface area contributed by atoms with E-state index in [4.69, 9.17) is 11.6 Å². The van der Waals surface area contributed by atoms with E-state index in [2.05, 4.69) is 40.1 Å². The van der Waals surface area contributed by atoms with E-state index in [0.717, 1.165) is 11.4 Å². The summed E-state index contributed by atoms with van der Waals surface area (Å²) in [4.78, 5) is 8.17. The first-order chi connectivity index (χ1) is 9.65. The molecular weight excluding hydrogens is 272 g/mol. The summed E-state index contributed by atoms with van der Waals surface area (Å²) in [6, 6.07) is 1.86. The fourth-order valence-corrected chi connectivity index (χ4v) is 2.21. The normalized spacial score (nSPS) is 17.8. The molecule has 1 unspecified atom stereocenters. The molecule has 106 valence electrons. The zero-order valence-corrected chi connectivity index (χ0v) is 12.6. The summed E-state index contributed by atoms with van der Waals surface area (Å²) in [7, 11) is 1.79. The molecule has 20 heavy (non-hydrogen) atoms. The van der Waals surface area contributed by atoms with Gasteiger partial charge >= 0.3 is 0 Å². The van der Waals surface area contributed by atoms with Crippen molar-refractivity contribution >= 4 is 17.3 Å². The number of allylic oxidation sites excluding steroid dienone is 3. The third-order valence-electron chi connectivity index (χ3n) is 3.37. The summed E-state index contributed by atoms with van der Waals surface area (Å²) < 4.78 is 0. The van der Waals surface area contributed by atoms with Crippen molar-refractivity contribution in [2.75, 3.05) is 7.05 Å². The van der Waals surface area contributed by atoms with Crippen LogP contribution in [0.25, 0.3) is 0 Å². The van der Waals surface area contributed by atoms with Gasteiger partial charge < -0.3 is 5.43 Å². The molecule has 4 nitrogen and oxygen atoms in total. The molecule has 0 aliphatic heterocycles. The highest BCUT2D eigenvalue weighted by molar-refractivity contribution is 6.28. The number of rotatable bonds is 6. The first-order valence-electron chi connectivity index (χ1n) is 6.72. The maximum Gasteiger partial charge on any atom is 0.222 e. The molecule has 1 aliphatic carbocycles. The van der Waals surface area contributed by atoms with Gasteiger partial charge in [-0.1, -0.05) is 19.6 Å². The minimum atomic E-state index is 0.0386. The molecule has 1 N–H and O–H groups in total. The topological polar surface area (TPSA) is 50.2 Å². The average molecular weight is 291 g/mol. The SMILES string of the molecule is C=C/C(=C\C(=N/NC)C(C)c1ccnc(Cl)n1)C1CC1. The molecule has 0 aromatic carbocycles. The summed E-state index contributed by atoms with van der Waals surface area (Å²) in [6.45, 7) is 5.95. The van der Waals surface area contributed by atoms with Gasteiger partial charge in [0.05, 0.1) is 11.4 Å². The van der Waals surface area contributed by atoms with Gasteiger partial charge in [-0.25, -0.2) is 9.97 Å². The lowest BCUT2D eigenvalue weighted by atomic mass is 9.98. The highest BCUT2D eigenvalue weighted by atomic mass is 35.5. The van der Waals surface area contributed by atoms with Gasteiger partial charge in [-0.2, -0.15) is 5.10 Å². The molecule has 5 heteroatoms. The van der Waals surface area contributed by atoms with Crippen LogP contribution in [0.1, 0.15) is 31.4 Å². The smallest absolute Gasteiger partial charge is 0.222 e. The van der Waals surface area contributed by atoms with Crippen LogP contribution in [0.4, 0.5) is 0 Å². The van der Waals surface area contributed by atoms with Crippen LogP contribution < -0.4 is 5.43 Å². The predicted octanol–water partition coefficient (Wildman–Crippen LogP) is 3.33. The third-order valence-corrected chi connectivity index (χ3v) is 3.56. The van der Waals surface area contributed by atoms with Gasteiger partial charge in [0.2, 0.25) is 5.28 Å². The van der Waals surface area contributed by atoms with E-state index >= 15 is 0 Å². The van der Waals surface area contributed by atoms with E-state index in [-0.39, 0.29) is 11.2 Å². The van der Waals surface area contributed by atoms with Gasteiger partial charge in [-0.3, -0.25) is 0 Å². The number of halogens is 1. The lowest BCUT2D eigenvalue weighted by Gasteiger charge is -2.12. The van der Waals surface area contributed by atoms with E-state index in [1.165, 1.54) is 18.4 Å². The van der Waals surface area contributed by atoms with Crippen LogP contribution in [0.15, 0.2) is 41.7 Å². The van der Waals surface area contributed by atoms with Crippen LogP contribution >= 0.6 is 11.6 Å². The Hall–Kier alpha value is -1.68. The van der Waals surface area contributed by atoms with Crippen molar-refractivity contribution in [3.05, 3.63) is 47.5 Å². The van der Waals surface area contributed by atoms with Gasteiger partial charge in [0.15, 0.2) is 0 Å². The number of hydrogen-bond acceptors (Lipinski definition) is 4. The summed E-state index contributed by atoms with van der Waals surface area (Å²) >= 11 is 5.85. The Morgan fingerprint density at radius 3 is 2.90 bits per heavy atom. The molecule has 1 aromatic rings. The Bertz CT molecular complexity index is 547. The molecule has 1 fully saturated rings. The molecule has 0 saturated heterocycles. The van der Waals surface area contributed by atoms with Crippen molar-refractivity contribution in [1.82, 2.24) is 15.4 Å². The summed E-state index contributed by atoms with van der Waals surface area (Å²) in [5, 5.41) is 4.62. The first-order valence-corrected chi connectivity index (χ1v) is 7.10. The molecule has 0 radical (unpaired) electrons. The van der Waals surface area contributed by atoms with Gasteiger partial charge in [-0.05, 0) is 48.1 Å². The molecule has 1 aromatic heterocycles. The van der Waals surface area contributed by atoms with Crippen LogP contribution in [0.5, 0.6) is 0 Å². The number of nitrogens with one attached hydrogen (secondary N) is 1. The highest BCUT2D eigenvalue weighted by Crippen LogP contribution is 2.37. The van der Waals surface area contributed by atoms with E-state index < -0.39 is 0 Å². The standard InChI is InChI=1S/C15H19ClN4/c1-4-11(12-5-6-12)9-14(20-17-3)10(2)13-7-8-18-15(16)19-13/h4,7-10,12,17H,1,5-6H2,2-3H3/b11-9+,20-14+. The largest absolute Gasteiger partial charge is 0.313 e. The zero-order chi connectivity index (χ0) is 14.5. The van der Waals surface area contributed by atoms with Crippen molar-refractivity contribution in [3.8, 4) is 0 Å². The molecule has 0 spiro atoms. The second-order valence-electron chi connectivity index (χ2n) is 4.86. The van der Waals surface area contributed by atoms with Crippen LogP contribution in [0.3, 0.4) is 0 Å². The number of hydrogen-bond donors (Lipinski definition) is 1. The van der Waals surface area contributed by atoms with E-state index in [9.17, 15) is 0 Å². The van der Waals surface area contributed by atoms with Gasteiger partial charge in [0.25, 0.3) is 0 Å². The maximum atomic E-state index is 5.85. The lowest BCUT2D eigenvalue weighted by Crippen LogP contribution is -2.13. The molecule has 1 heterocycles. The Balaban J connectivity index is 2.28. The van der Waals surface area contributed by atoms with E-state index in [1.807, 2.05) is 12.1 Å². The summed E-state index contributed by atoms with van der Waals surface area (Å²) in [6.07, 6.45) is 8.15. The molecule has 1 aliphatic rings. The Kier molecular flexibility index (Phi) is 4.90. The van der Waals surface area contributed by atoms with Crippen molar-refractivity contribution < 1.29 is 0 Å². The first kappa shape index (κ1) is 14.7. The van der Waals surface area contributed by atoms with Crippen molar-refractivity contribution in [3.63, 3.8) is 0 Å². The maximum absolute atomic E-state index is 5.85. The fourth-order valence-electron chi connectivity index (χ4n) is 2.05. The zero-order valence-electron chi connectivity index (χ0n) is 11.8. The Morgan fingerprint density at radius 2 is 2.35 bits per heavy atom. The fraction of sp³-hybridized carbons (Fsp3) is 0.400. The summed E-state index contributed by atoms with van der Waals surface area (Å²) in [5.74, 6) is 0.674. The molecular formula is C15H19ClN4. The number of aromatic nitrogens is 2. The van der Waals surface area contributed by atoms with Crippen LogP contribution in [0, 0.1) is 5.92 Å². The minimum absolute atomic E-state index is 0.0386. The number of nitrogens with zero attached hydrogens (tertiary/aromatic N) is 3. The van der Waals surface area contributed by atoms with Gasteiger partial charge in [0.1, 0.15) is 0 Å². The van der Waals surface area contributed by atoms with Crippen LogP contribution in [-0.4, -0.2) is 22.7 Å². The predicted molar refractivity (Wildman–Crippen MR) is 83.0 cm³/mol. The van der Waals surface area contributed by atoms with E-state index in [1.54, 1.807) is 13.2 Å². The quantitative estimate of drug-likeness (QED) is 0.378. The molecule has 2 rings (SSSR count). The third kappa shape index (κ3) is 3.67. The lowest BCUT2D eigenvalue weighted by molar-refractivity contribution is 0.859. The van der Waals surface area contributed by atoms with Crippen molar-refractivity contribution in [2.24, 2.45) is 11.0 Å². The second-order valence-corrected chi connectivity index (χ2v) is 5.19.